The number of rotatable bonds is 2. The zero-order valence-electron chi connectivity index (χ0n) is 8.80. The van der Waals surface area contributed by atoms with Crippen molar-refractivity contribution in [2.75, 3.05) is 14.2 Å². The normalized spacial score (nSPS) is 10.4. The Balaban J connectivity index is 2.62. The van der Waals surface area contributed by atoms with E-state index < -0.39 is 0 Å². The lowest BCUT2D eigenvalue weighted by Crippen LogP contribution is -2.17. The summed E-state index contributed by atoms with van der Waals surface area (Å²) in [6.45, 7) is 0. The molecule has 2 rings (SSSR count). The van der Waals surface area contributed by atoms with E-state index in [1.165, 1.54) is 7.11 Å². The van der Waals surface area contributed by atoms with Crippen molar-refractivity contribution in [3.63, 3.8) is 0 Å². The first kappa shape index (κ1) is 10.8. The van der Waals surface area contributed by atoms with Crippen LogP contribution in [0.25, 0.3) is 10.9 Å². The highest BCUT2D eigenvalue weighted by Gasteiger charge is 2.13. The van der Waals surface area contributed by atoms with Crippen LogP contribution in [0.4, 0.5) is 0 Å². The summed E-state index contributed by atoms with van der Waals surface area (Å²) >= 11 is 6.06. The van der Waals surface area contributed by atoms with Crippen LogP contribution in [0.15, 0.2) is 12.3 Å². The predicted octanol–water partition coefficient (Wildman–Crippen LogP) is 1.58. The molecule has 0 aliphatic rings. The number of fused-ring (bicyclic) bond motifs is 1. The first-order chi connectivity index (χ1) is 7.67. The van der Waals surface area contributed by atoms with Crippen LogP contribution in [0.3, 0.4) is 0 Å². The molecule has 84 valence electrons. The van der Waals surface area contributed by atoms with Crippen molar-refractivity contribution in [3.05, 3.63) is 23.0 Å². The molecule has 0 bridgehead atoms. The zero-order chi connectivity index (χ0) is 11.7. The first-order valence-electron chi connectivity index (χ1n) is 4.60. The molecule has 5 nitrogen and oxygen atoms in total. The molecule has 0 atom stereocenters. The summed E-state index contributed by atoms with van der Waals surface area (Å²) in [5.74, 6) is 0.142. The van der Waals surface area contributed by atoms with Crippen molar-refractivity contribution in [1.29, 1.82) is 0 Å². The summed E-state index contributed by atoms with van der Waals surface area (Å²) in [5.41, 5.74) is 1.14. The number of methoxy groups -OCH3 is 1. The van der Waals surface area contributed by atoms with Crippen molar-refractivity contribution < 1.29 is 9.53 Å². The molecule has 2 aromatic heterocycles. The van der Waals surface area contributed by atoms with Gasteiger partial charge in [0, 0.05) is 12.4 Å². The molecule has 0 fully saturated rings. The Bertz CT molecular complexity index is 550. The lowest BCUT2D eigenvalue weighted by molar-refractivity contribution is 0.0959. The number of carbonyl (C=O) groups excluding carboxylic acids is 1. The highest BCUT2D eigenvalue weighted by molar-refractivity contribution is 6.36. The van der Waals surface area contributed by atoms with E-state index in [2.05, 4.69) is 15.3 Å². The van der Waals surface area contributed by atoms with Crippen LogP contribution >= 0.6 is 11.6 Å². The van der Waals surface area contributed by atoms with Crippen molar-refractivity contribution in [3.8, 4) is 5.88 Å². The van der Waals surface area contributed by atoms with Crippen LogP contribution in [-0.2, 0) is 0 Å². The van der Waals surface area contributed by atoms with E-state index >= 15 is 0 Å². The van der Waals surface area contributed by atoms with Gasteiger partial charge in [0.2, 0.25) is 5.88 Å². The quantitative estimate of drug-likeness (QED) is 0.836. The van der Waals surface area contributed by atoms with E-state index in [-0.39, 0.29) is 5.91 Å². The minimum Gasteiger partial charge on any atom is -0.480 e. The maximum absolute atomic E-state index is 11.4. The average molecular weight is 240 g/mol. The van der Waals surface area contributed by atoms with Crippen molar-refractivity contribution in [2.24, 2.45) is 0 Å². The number of hydrogen-bond acceptors (Lipinski definition) is 3. The molecule has 0 aromatic carbocycles. The number of nitrogens with one attached hydrogen (secondary N) is 2. The Hall–Kier alpha value is -1.75. The third-order valence-electron chi connectivity index (χ3n) is 2.25. The molecule has 0 aliphatic heterocycles. The number of aromatic amines is 1. The van der Waals surface area contributed by atoms with Gasteiger partial charge in [0.25, 0.3) is 5.91 Å². The van der Waals surface area contributed by atoms with Crippen LogP contribution < -0.4 is 10.1 Å². The number of H-pyrrole nitrogens is 1. The maximum Gasteiger partial charge on any atom is 0.267 e. The minimum atomic E-state index is -0.203. The summed E-state index contributed by atoms with van der Waals surface area (Å²) in [6.07, 6.45) is 1.58. The zero-order valence-corrected chi connectivity index (χ0v) is 9.55. The van der Waals surface area contributed by atoms with Crippen molar-refractivity contribution in [2.45, 2.75) is 0 Å². The second-order valence-corrected chi connectivity index (χ2v) is 3.55. The molecule has 6 heteroatoms. The molecule has 0 radical (unpaired) electrons. The Morgan fingerprint density at radius 1 is 1.62 bits per heavy atom. The smallest absolute Gasteiger partial charge is 0.267 e. The van der Waals surface area contributed by atoms with Gasteiger partial charge < -0.3 is 15.0 Å². The van der Waals surface area contributed by atoms with Gasteiger partial charge in [-0.25, -0.2) is 4.98 Å². The molecule has 0 saturated heterocycles. The van der Waals surface area contributed by atoms with Crippen LogP contribution in [0.1, 0.15) is 10.5 Å². The van der Waals surface area contributed by atoms with Crippen LogP contribution in [-0.4, -0.2) is 30.0 Å². The minimum absolute atomic E-state index is 0.203. The Morgan fingerprint density at radius 2 is 2.38 bits per heavy atom. The molecular formula is C10H10ClN3O2. The molecule has 0 aliphatic carbocycles. The van der Waals surface area contributed by atoms with Gasteiger partial charge in [-0.3, -0.25) is 4.79 Å². The molecular weight excluding hydrogens is 230 g/mol. The lowest BCUT2D eigenvalue weighted by atomic mass is 10.3. The van der Waals surface area contributed by atoms with E-state index in [0.29, 0.717) is 27.5 Å². The fourth-order valence-corrected chi connectivity index (χ4v) is 1.73. The Kier molecular flexibility index (Phi) is 2.70. The standard InChI is InChI=1S/C10H10ClN3O2/c1-12-9(15)6-3-5-7(14-6)4-13-10(16-2)8(5)11/h3-4,14H,1-2H3,(H,12,15). The molecule has 0 unspecified atom stereocenters. The number of carbonyl (C=O) groups is 1. The summed E-state index contributed by atoms with van der Waals surface area (Å²) < 4.78 is 4.99. The van der Waals surface area contributed by atoms with Gasteiger partial charge in [0.15, 0.2) is 0 Å². The highest BCUT2D eigenvalue weighted by atomic mass is 35.5. The largest absolute Gasteiger partial charge is 0.480 e. The average Bonchev–Trinajstić information content (AvgIpc) is 2.73. The van der Waals surface area contributed by atoms with E-state index in [4.69, 9.17) is 16.3 Å². The Morgan fingerprint density at radius 3 is 3.00 bits per heavy atom. The lowest BCUT2D eigenvalue weighted by Gasteiger charge is -2.00. The number of amides is 1. The van der Waals surface area contributed by atoms with Gasteiger partial charge in [-0.2, -0.15) is 0 Å². The number of pyridine rings is 1. The molecule has 2 aromatic rings. The van der Waals surface area contributed by atoms with Crippen LogP contribution in [0.2, 0.25) is 5.02 Å². The second kappa shape index (κ2) is 4.02. The SMILES string of the molecule is CNC(=O)c1cc2c(Cl)c(OC)ncc2[nH]1. The third-order valence-corrected chi connectivity index (χ3v) is 2.61. The number of halogens is 1. The predicted molar refractivity (Wildman–Crippen MR) is 61.0 cm³/mol. The summed E-state index contributed by atoms with van der Waals surface area (Å²) in [4.78, 5) is 18.3. The molecule has 0 spiro atoms. The van der Waals surface area contributed by atoms with Crippen molar-refractivity contribution in [1.82, 2.24) is 15.3 Å². The van der Waals surface area contributed by atoms with Gasteiger partial charge >= 0.3 is 0 Å². The number of nitrogens with zero attached hydrogens (tertiary/aromatic N) is 1. The number of hydrogen-bond donors (Lipinski definition) is 2. The highest BCUT2D eigenvalue weighted by Crippen LogP contribution is 2.30. The molecule has 2 heterocycles. The monoisotopic (exact) mass is 239 g/mol. The first-order valence-corrected chi connectivity index (χ1v) is 4.98. The number of aromatic nitrogens is 2. The molecule has 0 saturated carbocycles. The van der Waals surface area contributed by atoms with Gasteiger partial charge in [0.1, 0.15) is 10.7 Å². The van der Waals surface area contributed by atoms with E-state index in [1.807, 2.05) is 0 Å². The Labute approximate surface area is 96.8 Å². The topological polar surface area (TPSA) is 67.0 Å². The van der Waals surface area contributed by atoms with Gasteiger partial charge in [-0.1, -0.05) is 11.6 Å². The van der Waals surface area contributed by atoms with Gasteiger partial charge in [0.05, 0.1) is 18.8 Å². The fourth-order valence-electron chi connectivity index (χ4n) is 1.45. The van der Waals surface area contributed by atoms with Crippen molar-refractivity contribution >= 4 is 28.4 Å². The second-order valence-electron chi connectivity index (χ2n) is 3.17. The summed E-state index contributed by atoms with van der Waals surface area (Å²) in [7, 11) is 3.06. The van der Waals surface area contributed by atoms with Crippen LogP contribution in [0, 0.1) is 0 Å². The molecule has 1 amide bonds. The van der Waals surface area contributed by atoms with E-state index in [9.17, 15) is 4.79 Å². The fraction of sp³-hybridized carbons (Fsp3) is 0.200. The van der Waals surface area contributed by atoms with Gasteiger partial charge in [-0.05, 0) is 6.07 Å². The maximum atomic E-state index is 11.4. The van der Waals surface area contributed by atoms with E-state index in [0.717, 1.165) is 0 Å². The van der Waals surface area contributed by atoms with E-state index in [1.54, 1.807) is 19.3 Å². The summed E-state index contributed by atoms with van der Waals surface area (Å²) in [6, 6.07) is 1.67. The van der Waals surface area contributed by atoms with Gasteiger partial charge in [-0.15, -0.1) is 0 Å². The summed E-state index contributed by atoms with van der Waals surface area (Å²) in [5, 5.41) is 3.64. The number of ether oxygens (including phenoxy) is 1. The molecule has 16 heavy (non-hydrogen) atoms. The third kappa shape index (κ3) is 1.59. The molecule has 2 N–H and O–H groups in total. The van der Waals surface area contributed by atoms with Crippen LogP contribution in [0.5, 0.6) is 5.88 Å².